The van der Waals surface area contributed by atoms with E-state index in [1.165, 1.54) is 15.6 Å². The van der Waals surface area contributed by atoms with Crippen molar-refractivity contribution in [2.75, 3.05) is 13.6 Å². The van der Waals surface area contributed by atoms with E-state index in [0.717, 1.165) is 11.1 Å². The van der Waals surface area contributed by atoms with Crippen LogP contribution in [0.2, 0.25) is 0 Å². The second-order valence-electron chi connectivity index (χ2n) is 8.37. The van der Waals surface area contributed by atoms with Crippen LogP contribution in [-0.2, 0) is 24.3 Å². The van der Waals surface area contributed by atoms with Gasteiger partial charge < -0.3 is 15.5 Å². The van der Waals surface area contributed by atoms with Gasteiger partial charge in [-0.3, -0.25) is 19.1 Å². The maximum absolute atomic E-state index is 13.1. The Morgan fingerprint density at radius 3 is 2.30 bits per heavy atom. The van der Waals surface area contributed by atoms with Gasteiger partial charge in [0.2, 0.25) is 5.91 Å². The molecule has 1 aliphatic heterocycles. The van der Waals surface area contributed by atoms with Gasteiger partial charge in [0, 0.05) is 26.2 Å². The van der Waals surface area contributed by atoms with Crippen LogP contribution in [-0.4, -0.2) is 51.5 Å². The number of rotatable bonds is 7. The van der Waals surface area contributed by atoms with Crippen molar-refractivity contribution in [2.24, 2.45) is 0 Å². The molecule has 2 heterocycles. The van der Waals surface area contributed by atoms with Crippen molar-refractivity contribution in [3.8, 4) is 0 Å². The van der Waals surface area contributed by atoms with E-state index < -0.39 is 5.54 Å². The largest absolute Gasteiger partial charge is 0.350 e. The molecule has 0 spiro atoms. The average Bonchev–Trinajstić information content (AvgIpc) is 3.26. The lowest BCUT2D eigenvalue weighted by molar-refractivity contribution is -0.132. The number of carbonyl (C=O) groups is 3. The molecule has 0 saturated heterocycles. The monoisotopic (exact) mass is 445 g/mol. The summed E-state index contributed by atoms with van der Waals surface area (Å²) in [6.07, 6.45) is 0.696. The number of nitrogens with one attached hydrogen (secondary N) is 2. The van der Waals surface area contributed by atoms with E-state index in [1.54, 1.807) is 14.0 Å². The van der Waals surface area contributed by atoms with Crippen molar-refractivity contribution in [1.29, 1.82) is 0 Å². The number of nitrogens with zero attached hydrogens (tertiary/aromatic N) is 3. The molecule has 170 valence electrons. The Morgan fingerprint density at radius 1 is 1.00 bits per heavy atom. The molecule has 1 aromatic heterocycles. The highest BCUT2D eigenvalue weighted by atomic mass is 16.2. The third kappa shape index (κ3) is 4.64. The van der Waals surface area contributed by atoms with E-state index >= 15 is 0 Å². The first-order chi connectivity index (χ1) is 15.9. The quantitative estimate of drug-likeness (QED) is 0.582. The van der Waals surface area contributed by atoms with Gasteiger partial charge in [0.15, 0.2) is 5.69 Å². The number of carbonyl (C=O) groups excluding carboxylic acids is 3. The Labute approximate surface area is 192 Å². The molecule has 0 saturated carbocycles. The maximum atomic E-state index is 13.1. The molecule has 33 heavy (non-hydrogen) atoms. The predicted molar refractivity (Wildman–Crippen MR) is 123 cm³/mol. The first-order valence-electron chi connectivity index (χ1n) is 10.9. The van der Waals surface area contributed by atoms with Gasteiger partial charge in [-0.15, -0.1) is 0 Å². The molecule has 0 radical (unpaired) electrons. The third-order valence-electron chi connectivity index (χ3n) is 6.06. The molecule has 1 atom stereocenters. The first kappa shape index (κ1) is 22.3. The molecule has 0 fully saturated rings. The molecule has 1 aliphatic rings. The number of amides is 3. The summed E-state index contributed by atoms with van der Waals surface area (Å²) in [4.78, 5) is 40.1. The highest BCUT2D eigenvalue weighted by Crippen LogP contribution is 2.26. The van der Waals surface area contributed by atoms with Gasteiger partial charge in [-0.1, -0.05) is 60.7 Å². The van der Waals surface area contributed by atoms with Crippen LogP contribution in [0.15, 0.2) is 66.7 Å². The smallest absolute Gasteiger partial charge is 0.272 e. The fraction of sp³-hybridized carbons (Fsp3) is 0.280. The minimum Gasteiger partial charge on any atom is -0.350 e. The fourth-order valence-electron chi connectivity index (χ4n) is 3.86. The molecular formula is C25H27N5O3. The zero-order valence-electron chi connectivity index (χ0n) is 18.7. The van der Waals surface area contributed by atoms with Crippen LogP contribution in [0.4, 0.5) is 0 Å². The van der Waals surface area contributed by atoms with E-state index in [1.807, 2.05) is 60.7 Å². The zero-order chi connectivity index (χ0) is 23.4. The zero-order valence-corrected chi connectivity index (χ0v) is 18.7. The van der Waals surface area contributed by atoms with E-state index in [9.17, 15) is 14.4 Å². The van der Waals surface area contributed by atoms with Crippen molar-refractivity contribution in [2.45, 2.75) is 32.0 Å². The Kier molecular flexibility index (Phi) is 6.26. The summed E-state index contributed by atoms with van der Waals surface area (Å²) in [5.74, 6) is -0.981. The normalized spacial score (nSPS) is 17.4. The van der Waals surface area contributed by atoms with E-state index in [0.29, 0.717) is 25.2 Å². The van der Waals surface area contributed by atoms with Crippen LogP contribution >= 0.6 is 0 Å². The topological polar surface area (TPSA) is 96.3 Å². The molecule has 3 aromatic rings. The van der Waals surface area contributed by atoms with Crippen LogP contribution in [0.3, 0.4) is 0 Å². The van der Waals surface area contributed by atoms with Crippen LogP contribution in [0.1, 0.15) is 39.0 Å². The minimum absolute atomic E-state index is 0.155. The number of aromatic nitrogens is 2. The third-order valence-corrected chi connectivity index (χ3v) is 6.06. The number of hydrogen-bond donors (Lipinski definition) is 2. The van der Waals surface area contributed by atoms with Gasteiger partial charge in [0.25, 0.3) is 11.8 Å². The standard InChI is InChI=1S/C25H27N5O3/c1-25(24(33)27-16-19-11-7-4-8-12-19)17-30-21(23(32)29(25)2)15-20(28-30)22(31)26-14-13-18-9-5-3-6-10-18/h3-12,15H,13-14,16-17H2,1-2H3,(H,26,31)(H,27,33)/t25-/m1/s1. The second kappa shape index (κ2) is 9.28. The summed E-state index contributed by atoms with van der Waals surface area (Å²) in [6, 6.07) is 20.9. The van der Waals surface area contributed by atoms with Gasteiger partial charge in [0.05, 0.1) is 6.54 Å². The summed E-state index contributed by atoms with van der Waals surface area (Å²) in [6.45, 7) is 2.68. The van der Waals surface area contributed by atoms with Crippen molar-refractivity contribution in [3.63, 3.8) is 0 Å². The SMILES string of the molecule is CN1C(=O)c2cc(C(=O)NCCc3ccccc3)nn2C[C@]1(C)C(=O)NCc1ccccc1. The highest BCUT2D eigenvalue weighted by molar-refractivity contribution is 6.01. The van der Waals surface area contributed by atoms with Crippen molar-refractivity contribution < 1.29 is 14.4 Å². The lowest BCUT2D eigenvalue weighted by Crippen LogP contribution is -2.62. The number of fused-ring (bicyclic) bond motifs is 1. The van der Waals surface area contributed by atoms with E-state index in [2.05, 4.69) is 15.7 Å². The predicted octanol–water partition coefficient (Wildman–Crippen LogP) is 2.02. The molecular weight excluding hydrogens is 418 g/mol. The van der Waals surface area contributed by atoms with Gasteiger partial charge in [0.1, 0.15) is 11.2 Å². The molecule has 2 N–H and O–H groups in total. The summed E-state index contributed by atoms with van der Waals surface area (Å²) in [5.41, 5.74) is 1.41. The Balaban J connectivity index is 1.43. The molecule has 0 unspecified atom stereocenters. The summed E-state index contributed by atoms with van der Waals surface area (Å²) in [7, 11) is 1.60. The number of likely N-dealkylation sites (N-methyl/N-ethyl adjacent to an activating group) is 1. The molecule has 2 aromatic carbocycles. The van der Waals surface area contributed by atoms with Crippen LogP contribution in [0.5, 0.6) is 0 Å². The maximum Gasteiger partial charge on any atom is 0.272 e. The van der Waals surface area contributed by atoms with Crippen molar-refractivity contribution >= 4 is 17.7 Å². The van der Waals surface area contributed by atoms with Gasteiger partial charge in [-0.2, -0.15) is 5.10 Å². The second-order valence-corrected chi connectivity index (χ2v) is 8.37. The van der Waals surface area contributed by atoms with Crippen molar-refractivity contribution in [3.05, 3.63) is 89.2 Å². The molecule has 3 amide bonds. The van der Waals surface area contributed by atoms with Crippen LogP contribution in [0.25, 0.3) is 0 Å². The lowest BCUT2D eigenvalue weighted by atomic mass is 9.96. The summed E-state index contributed by atoms with van der Waals surface area (Å²) < 4.78 is 1.45. The van der Waals surface area contributed by atoms with Gasteiger partial charge in [-0.25, -0.2) is 0 Å². The molecule has 4 rings (SSSR count). The Hall–Kier alpha value is -3.94. The Bertz CT molecular complexity index is 1160. The van der Waals surface area contributed by atoms with Crippen LogP contribution < -0.4 is 10.6 Å². The molecule has 0 bridgehead atoms. The van der Waals surface area contributed by atoms with Gasteiger partial charge >= 0.3 is 0 Å². The molecule has 8 nitrogen and oxygen atoms in total. The van der Waals surface area contributed by atoms with Crippen LogP contribution in [0, 0.1) is 0 Å². The molecule has 0 aliphatic carbocycles. The summed E-state index contributed by atoms with van der Waals surface area (Å²) in [5, 5.41) is 10.1. The summed E-state index contributed by atoms with van der Waals surface area (Å²) >= 11 is 0. The fourth-order valence-corrected chi connectivity index (χ4v) is 3.86. The first-order valence-corrected chi connectivity index (χ1v) is 10.9. The van der Waals surface area contributed by atoms with E-state index in [4.69, 9.17) is 0 Å². The average molecular weight is 446 g/mol. The van der Waals surface area contributed by atoms with Crippen molar-refractivity contribution in [1.82, 2.24) is 25.3 Å². The lowest BCUT2D eigenvalue weighted by Gasteiger charge is -2.40. The van der Waals surface area contributed by atoms with E-state index in [-0.39, 0.29) is 30.0 Å². The minimum atomic E-state index is -1.13. The number of hydrogen-bond acceptors (Lipinski definition) is 4. The Morgan fingerprint density at radius 2 is 1.64 bits per heavy atom. The number of benzene rings is 2. The molecule has 8 heteroatoms. The highest BCUT2D eigenvalue weighted by Gasteiger charge is 2.46. The van der Waals surface area contributed by atoms with Gasteiger partial charge in [-0.05, 0) is 24.5 Å².